The molecule has 32 heteroatoms. The molecule has 5 aliphatic heterocycles. The van der Waals surface area contributed by atoms with E-state index in [0.29, 0.717) is 108 Å². The molecule has 5 heterocycles. The second-order valence-electron chi connectivity index (χ2n) is 28.0. The number of amides is 5. The fourth-order valence-corrected chi connectivity index (χ4v) is 14.7. The number of fused-ring (bicyclic) bond motifs is 5. The highest BCUT2D eigenvalue weighted by Gasteiger charge is 2.38. The van der Waals surface area contributed by atoms with Crippen LogP contribution in [0.25, 0.3) is 0 Å². The Morgan fingerprint density at radius 1 is 0.450 bits per heavy atom. The van der Waals surface area contributed by atoms with Crippen molar-refractivity contribution < 1.29 is 96.4 Å². The molecule has 0 fully saturated rings. The van der Waals surface area contributed by atoms with Gasteiger partial charge in [-0.05, 0) is 189 Å². The van der Waals surface area contributed by atoms with Crippen LogP contribution in [0.5, 0.6) is 0 Å². The van der Waals surface area contributed by atoms with E-state index in [-0.39, 0.29) is 69.7 Å². The summed E-state index contributed by atoms with van der Waals surface area (Å²) in [5, 5.41) is 11.7. The van der Waals surface area contributed by atoms with Gasteiger partial charge in [-0.25, -0.2) is 67.8 Å². The lowest BCUT2D eigenvalue weighted by Crippen LogP contribution is -2.38. The SMILES string of the molecule is CC(=O)c1cccc(F)c1F.CCCN1C(=O)OC(C)c2cc(Br)cc(F)c21.CCCN1C(=O)OC(C)c2cc(C#N)cc(F)c21.CCCN1C(=O)OC(C)c2cc(CN)ccc21.CCCN1C(=O)OC(C)c2cc(CNS(=O)(=O)c3ccccc3)cc(F)c21.CCCN1C(=O)OC(C)c2cccc(F)c21.CCCNc1c(F)cccc1C(C)=O. The minimum Gasteiger partial charge on any atom is -0.441 e. The largest absolute Gasteiger partial charge is 0.441 e. The molecule has 5 amide bonds. The van der Waals surface area contributed by atoms with Crippen molar-refractivity contribution in [3.8, 4) is 6.07 Å². The average molecular weight is 1750 g/mol. The Bertz CT molecular complexity index is 5160. The molecule has 5 aliphatic rings. The van der Waals surface area contributed by atoms with Gasteiger partial charge in [-0.2, -0.15) is 5.26 Å². The number of nitrogens with two attached hydrogens (primary N) is 1. The van der Waals surface area contributed by atoms with E-state index < -0.39 is 87.6 Å². The van der Waals surface area contributed by atoms with Crippen LogP contribution in [0.1, 0.15) is 224 Å². The maximum absolute atomic E-state index is 14.8. The number of hydrogen-bond donors (Lipinski definition) is 3. The van der Waals surface area contributed by atoms with Crippen LogP contribution in [-0.2, 0) is 46.8 Å². The Morgan fingerprint density at radius 3 is 1.33 bits per heavy atom. The number of para-hydroxylation sites is 2. The first-order valence-electron chi connectivity index (χ1n) is 39.2. The number of halogens is 8. The van der Waals surface area contributed by atoms with Crippen LogP contribution >= 0.6 is 15.9 Å². The highest BCUT2D eigenvalue weighted by molar-refractivity contribution is 9.10. The van der Waals surface area contributed by atoms with Crippen molar-refractivity contribution in [1.29, 1.82) is 5.26 Å². The highest BCUT2D eigenvalue weighted by Crippen LogP contribution is 2.43. The van der Waals surface area contributed by atoms with E-state index in [4.69, 9.17) is 34.7 Å². The number of carbonyl (C=O) groups is 7. The fourth-order valence-electron chi connectivity index (χ4n) is 13.2. The first-order valence-corrected chi connectivity index (χ1v) is 41.4. The number of hydrogen-bond acceptors (Lipinski definition) is 17. The topological polar surface area (TPSA) is 290 Å². The number of carbonyl (C=O) groups excluding carboxylic acids is 7. The number of ketones is 2. The summed E-state index contributed by atoms with van der Waals surface area (Å²) >= 11 is 3.24. The molecule has 4 N–H and O–H groups in total. The summed E-state index contributed by atoms with van der Waals surface area (Å²) in [6, 6.07) is 37.4. The Labute approximate surface area is 703 Å². The van der Waals surface area contributed by atoms with Crippen LogP contribution in [0.3, 0.4) is 0 Å². The molecule has 23 nitrogen and oxygen atoms in total. The minimum absolute atomic E-state index is 0.0735. The summed E-state index contributed by atoms with van der Waals surface area (Å²) in [6.45, 7) is 26.5. The van der Waals surface area contributed by atoms with Crippen molar-refractivity contribution in [3.63, 3.8) is 0 Å². The van der Waals surface area contributed by atoms with Gasteiger partial charge in [-0.1, -0.05) is 106 Å². The van der Waals surface area contributed by atoms with E-state index in [2.05, 4.69) is 26.0 Å². The lowest BCUT2D eigenvalue weighted by atomic mass is 10.0. The number of anilines is 6. The molecule has 120 heavy (non-hydrogen) atoms. The van der Waals surface area contributed by atoms with Gasteiger partial charge in [0.2, 0.25) is 10.0 Å². The summed E-state index contributed by atoms with van der Waals surface area (Å²) in [5.41, 5.74) is 13.5. The van der Waals surface area contributed by atoms with E-state index >= 15 is 0 Å². The van der Waals surface area contributed by atoms with Crippen LogP contribution in [-0.4, -0.2) is 89.7 Å². The molecule has 0 bridgehead atoms. The van der Waals surface area contributed by atoms with Crippen molar-refractivity contribution in [2.45, 2.75) is 177 Å². The number of nitriles is 1. The fraction of sp³-hybridized carbons (Fsp3) is 0.364. The lowest BCUT2D eigenvalue weighted by Gasteiger charge is -2.33. The van der Waals surface area contributed by atoms with Gasteiger partial charge in [0, 0.05) is 90.2 Å². The zero-order chi connectivity index (χ0) is 88.6. The number of ether oxygens (including phenoxy) is 5. The van der Waals surface area contributed by atoms with Crippen molar-refractivity contribution in [3.05, 3.63) is 240 Å². The third-order valence-electron chi connectivity index (χ3n) is 18.9. The normalized spacial score (nSPS) is 16.5. The number of cyclic esters (lactones) is 5. The summed E-state index contributed by atoms with van der Waals surface area (Å²) in [5.74, 6) is -4.91. The van der Waals surface area contributed by atoms with Crippen LogP contribution in [0.4, 0.5) is 88.8 Å². The molecule has 13 rings (SSSR count). The number of nitrogens with one attached hydrogen (secondary N) is 2. The number of sulfonamides is 1. The summed E-state index contributed by atoms with van der Waals surface area (Å²) < 4.78 is 149. The van der Waals surface area contributed by atoms with E-state index in [9.17, 15) is 72.7 Å². The van der Waals surface area contributed by atoms with E-state index in [1.54, 1.807) is 93.3 Å². The molecule has 0 saturated carbocycles. The number of benzene rings is 8. The van der Waals surface area contributed by atoms with Crippen LogP contribution in [0.15, 0.2) is 149 Å². The zero-order valence-electron chi connectivity index (χ0n) is 69.0. The lowest BCUT2D eigenvalue weighted by molar-refractivity contribution is 0.100. The van der Waals surface area contributed by atoms with Gasteiger partial charge >= 0.3 is 30.5 Å². The number of rotatable bonds is 20. The zero-order valence-corrected chi connectivity index (χ0v) is 71.4. The number of Topliss-reactive ketones (excluding diaryl/α,β-unsaturated/α-hetero) is 2. The third-order valence-corrected chi connectivity index (χ3v) is 20.7. The molecule has 8 aromatic carbocycles. The monoisotopic (exact) mass is 1750 g/mol. The maximum atomic E-state index is 14.8. The second-order valence-corrected chi connectivity index (χ2v) is 30.6. The van der Waals surface area contributed by atoms with Crippen LogP contribution < -0.4 is 40.3 Å². The minimum atomic E-state index is -3.70. The molecular formula is C88H99BrF7N9O14S. The van der Waals surface area contributed by atoms with Gasteiger partial charge in [0.15, 0.2) is 23.2 Å². The molecule has 0 aromatic heterocycles. The Morgan fingerprint density at radius 2 is 0.858 bits per heavy atom. The Hall–Kier alpha value is -11.4. The summed E-state index contributed by atoms with van der Waals surface area (Å²) in [4.78, 5) is 87.9. The first-order chi connectivity index (χ1) is 57.1. The summed E-state index contributed by atoms with van der Waals surface area (Å²) in [7, 11) is -3.70. The molecule has 0 aliphatic carbocycles. The van der Waals surface area contributed by atoms with Crippen molar-refractivity contribution in [2.75, 3.05) is 69.1 Å². The van der Waals surface area contributed by atoms with Gasteiger partial charge < -0.3 is 34.7 Å². The summed E-state index contributed by atoms with van der Waals surface area (Å²) in [6.07, 6.45) is 0.193. The molecule has 0 spiro atoms. The Balaban J connectivity index is 0.000000196. The van der Waals surface area contributed by atoms with E-state index in [1.807, 2.05) is 72.7 Å². The maximum Gasteiger partial charge on any atom is 0.414 e. The van der Waals surface area contributed by atoms with Crippen molar-refractivity contribution >= 4 is 102 Å². The smallest absolute Gasteiger partial charge is 0.414 e. The molecule has 5 atom stereocenters. The predicted molar refractivity (Wildman–Crippen MR) is 447 cm³/mol. The standard InChI is InChI=1S/C19H21FN2O4S.C13H13FN2O2.C13H18N2O2.C12H13BrFNO2.C12H14FNO2.C11H14FNO.C8H6F2O/c1-3-9-22-18-16(13(2)26-19(22)23)10-14(11-17(18)20)12-21-27(24,25)15-7-5-4-6-8-15;1-3-4-16-12-10(8(2)18-13(16)17)5-9(7-15)6-11(12)14;1-3-6-15-12-5-4-10(8-14)7-11(12)9(2)17-13(15)16;1-3-4-15-11-9(7(2)17-12(15)16)5-8(13)6-10(11)14;1-3-7-14-11-9(5-4-6-10(11)13)8(2)16-12(14)15;1-3-7-13-11-9(8(2)14)5-4-6-10(11)12;1-5(11)6-3-2-4-7(9)8(6)10/h4-8,10-11,13,21H,3,9,12H2,1-2H3;5-6,8H,3-4H2,1-2H3;4-5,7,9H,3,6,8,14H2,1-2H3;5-7H,3-4H2,1-2H3;4-6,8H,3,7H2,1-2H3;4-6,13H,3,7H2,1-2H3;2-4H,1H3. The third kappa shape index (κ3) is 24.0. The molecular weight excluding hydrogens is 1650 g/mol. The average Bonchev–Trinajstić information content (AvgIpc) is 0.780. The Kier molecular flexibility index (Phi) is 35.6. The van der Waals surface area contributed by atoms with Gasteiger partial charge in [-0.3, -0.25) is 34.1 Å². The quantitative estimate of drug-likeness (QED) is 0.0363. The molecule has 0 saturated heterocycles. The highest BCUT2D eigenvalue weighted by atomic mass is 79.9. The van der Waals surface area contributed by atoms with Crippen LogP contribution in [0.2, 0.25) is 0 Å². The number of nitrogens with zero attached hydrogens (tertiary/aromatic N) is 6. The van der Waals surface area contributed by atoms with Gasteiger partial charge in [0.25, 0.3) is 0 Å². The van der Waals surface area contributed by atoms with Crippen molar-refractivity contribution in [2.24, 2.45) is 5.73 Å². The van der Waals surface area contributed by atoms with E-state index in [1.165, 1.54) is 82.0 Å². The van der Waals surface area contributed by atoms with Gasteiger partial charge in [0.1, 0.15) is 59.6 Å². The molecule has 0 radical (unpaired) electrons. The molecule has 642 valence electrons. The first kappa shape index (κ1) is 95.7. The van der Waals surface area contributed by atoms with Gasteiger partial charge in [-0.15, -0.1) is 0 Å². The predicted octanol–water partition coefficient (Wildman–Crippen LogP) is 21.7. The second kappa shape index (κ2) is 44.6. The van der Waals surface area contributed by atoms with Crippen LogP contribution in [0, 0.1) is 52.1 Å². The van der Waals surface area contributed by atoms with E-state index in [0.717, 1.165) is 60.2 Å². The molecule has 5 unspecified atom stereocenters. The molecule has 8 aromatic rings. The van der Waals surface area contributed by atoms with Gasteiger partial charge in [0.05, 0.1) is 56.2 Å². The van der Waals surface area contributed by atoms with Crippen molar-refractivity contribution in [1.82, 2.24) is 4.72 Å².